The van der Waals surface area contributed by atoms with Crippen LogP contribution >= 0.6 is 0 Å². The van der Waals surface area contributed by atoms with Crippen molar-refractivity contribution in [3.05, 3.63) is 12.2 Å². The first-order valence-corrected chi connectivity index (χ1v) is 3.59. The summed E-state index contributed by atoms with van der Waals surface area (Å²) >= 11 is 0. The first kappa shape index (κ1) is 10.6. The lowest BCUT2D eigenvalue weighted by atomic mass is 10.00. The van der Waals surface area contributed by atoms with Crippen molar-refractivity contribution in [3.8, 4) is 12.3 Å². The molecule has 3 heteroatoms. The molecule has 0 rings (SSSR count). The number of nitrogens with two attached hydrogens (primary N) is 1. The minimum atomic E-state index is -0.779. The van der Waals surface area contributed by atoms with Crippen molar-refractivity contribution in [2.45, 2.75) is 13.3 Å². The minimum Gasteiger partial charge on any atom is -0.449 e. The highest BCUT2D eigenvalue weighted by Crippen LogP contribution is 2.12. The van der Waals surface area contributed by atoms with E-state index >= 15 is 0 Å². The van der Waals surface area contributed by atoms with Crippen molar-refractivity contribution in [1.82, 2.24) is 0 Å². The summed E-state index contributed by atoms with van der Waals surface area (Å²) in [7, 11) is 0. The van der Waals surface area contributed by atoms with Crippen molar-refractivity contribution in [2.24, 2.45) is 11.7 Å². The molecule has 0 fully saturated rings. The molecule has 1 atom stereocenters. The van der Waals surface area contributed by atoms with Crippen LogP contribution in [0.1, 0.15) is 13.3 Å². The summed E-state index contributed by atoms with van der Waals surface area (Å²) in [5.41, 5.74) is 5.69. The monoisotopic (exact) mass is 167 g/mol. The zero-order chi connectivity index (χ0) is 9.56. The molecule has 2 N–H and O–H groups in total. The molecule has 0 aromatic heterocycles. The maximum atomic E-state index is 10.2. The average molecular weight is 167 g/mol. The zero-order valence-corrected chi connectivity index (χ0v) is 7.17. The van der Waals surface area contributed by atoms with Gasteiger partial charge in [-0.3, -0.25) is 0 Å². The molecular weight excluding hydrogens is 154 g/mol. The molecule has 0 radical (unpaired) electrons. The van der Waals surface area contributed by atoms with Crippen LogP contribution in [0.2, 0.25) is 0 Å². The number of hydrogen-bond donors (Lipinski definition) is 1. The van der Waals surface area contributed by atoms with Gasteiger partial charge < -0.3 is 10.5 Å². The van der Waals surface area contributed by atoms with E-state index in [0.29, 0.717) is 6.42 Å². The van der Waals surface area contributed by atoms with Crippen LogP contribution in [0.4, 0.5) is 4.79 Å². The van der Waals surface area contributed by atoms with E-state index in [0.717, 1.165) is 5.57 Å². The van der Waals surface area contributed by atoms with Gasteiger partial charge in [-0.05, 0) is 6.92 Å². The summed E-state index contributed by atoms with van der Waals surface area (Å²) in [5.74, 6) is 2.50. The van der Waals surface area contributed by atoms with Crippen LogP contribution in [0, 0.1) is 18.3 Å². The maximum absolute atomic E-state index is 10.2. The molecule has 0 heterocycles. The Morgan fingerprint density at radius 2 is 2.42 bits per heavy atom. The number of primary amides is 1. The minimum absolute atomic E-state index is 0.0162. The molecule has 0 aromatic carbocycles. The van der Waals surface area contributed by atoms with Crippen LogP contribution in [0.5, 0.6) is 0 Å². The Morgan fingerprint density at radius 3 is 2.75 bits per heavy atom. The fourth-order valence-electron chi connectivity index (χ4n) is 0.700. The van der Waals surface area contributed by atoms with Gasteiger partial charge in [0.1, 0.15) is 6.61 Å². The number of ether oxygens (including phenoxy) is 1. The summed E-state index contributed by atoms with van der Waals surface area (Å²) in [6, 6.07) is 0. The SMILES string of the molecule is C#CCC(COC(N)=O)C(=C)C. The smallest absolute Gasteiger partial charge is 0.404 e. The van der Waals surface area contributed by atoms with Crippen molar-refractivity contribution >= 4 is 6.09 Å². The molecule has 0 aromatic rings. The van der Waals surface area contributed by atoms with Gasteiger partial charge in [-0.15, -0.1) is 12.3 Å². The van der Waals surface area contributed by atoms with E-state index in [1.807, 2.05) is 6.92 Å². The molecule has 1 unspecified atom stereocenters. The molecular formula is C9H13NO2. The number of carbonyl (C=O) groups is 1. The lowest BCUT2D eigenvalue weighted by Crippen LogP contribution is -2.19. The van der Waals surface area contributed by atoms with Crippen LogP contribution in [-0.2, 0) is 4.74 Å². The van der Waals surface area contributed by atoms with E-state index in [1.165, 1.54) is 0 Å². The molecule has 66 valence electrons. The van der Waals surface area contributed by atoms with Gasteiger partial charge in [0.05, 0.1) is 0 Å². The van der Waals surface area contributed by atoms with Crippen molar-refractivity contribution in [1.29, 1.82) is 0 Å². The zero-order valence-electron chi connectivity index (χ0n) is 7.17. The molecule has 0 bridgehead atoms. The number of terminal acetylenes is 1. The van der Waals surface area contributed by atoms with Gasteiger partial charge in [0.15, 0.2) is 0 Å². The predicted molar refractivity (Wildman–Crippen MR) is 47.3 cm³/mol. The number of carbonyl (C=O) groups excluding carboxylic acids is 1. The van der Waals surface area contributed by atoms with Crippen LogP contribution in [-0.4, -0.2) is 12.7 Å². The standard InChI is InChI=1S/C9H13NO2/c1-4-5-8(7(2)3)6-12-9(10)11/h1,8H,2,5-6H2,3H3,(H2,10,11). The molecule has 0 aliphatic heterocycles. The first-order chi connectivity index (χ1) is 5.57. The van der Waals surface area contributed by atoms with E-state index in [9.17, 15) is 4.79 Å². The van der Waals surface area contributed by atoms with Gasteiger partial charge in [-0.1, -0.05) is 12.2 Å². The van der Waals surface area contributed by atoms with Gasteiger partial charge in [0.25, 0.3) is 0 Å². The molecule has 3 nitrogen and oxygen atoms in total. The highest BCUT2D eigenvalue weighted by Gasteiger charge is 2.09. The Morgan fingerprint density at radius 1 is 1.83 bits per heavy atom. The Bertz CT molecular complexity index is 215. The highest BCUT2D eigenvalue weighted by atomic mass is 16.5. The van der Waals surface area contributed by atoms with Gasteiger partial charge in [0.2, 0.25) is 0 Å². The summed E-state index contributed by atoms with van der Waals surface area (Å²) < 4.78 is 4.60. The Balaban J connectivity index is 3.89. The summed E-state index contributed by atoms with van der Waals surface area (Å²) in [6.07, 6.45) is 4.85. The van der Waals surface area contributed by atoms with Gasteiger partial charge in [-0.25, -0.2) is 4.79 Å². The van der Waals surface area contributed by atoms with Gasteiger partial charge in [0, 0.05) is 12.3 Å². The first-order valence-electron chi connectivity index (χ1n) is 3.59. The maximum Gasteiger partial charge on any atom is 0.404 e. The molecule has 0 saturated heterocycles. The van der Waals surface area contributed by atoms with E-state index < -0.39 is 6.09 Å². The predicted octanol–water partition coefficient (Wildman–Crippen LogP) is 1.30. The van der Waals surface area contributed by atoms with Crippen molar-refractivity contribution in [3.63, 3.8) is 0 Å². The summed E-state index contributed by atoms with van der Waals surface area (Å²) in [4.78, 5) is 10.2. The molecule has 0 aliphatic rings. The third-order valence-electron chi connectivity index (χ3n) is 1.49. The number of hydrogen-bond acceptors (Lipinski definition) is 2. The Labute approximate surface area is 72.6 Å². The lowest BCUT2D eigenvalue weighted by Gasteiger charge is -2.12. The van der Waals surface area contributed by atoms with Crippen molar-refractivity contribution in [2.75, 3.05) is 6.61 Å². The van der Waals surface area contributed by atoms with Crippen LogP contribution in [0.25, 0.3) is 0 Å². The lowest BCUT2D eigenvalue weighted by molar-refractivity contribution is 0.143. The van der Waals surface area contributed by atoms with E-state index in [-0.39, 0.29) is 12.5 Å². The van der Waals surface area contributed by atoms with E-state index in [4.69, 9.17) is 12.2 Å². The second-order valence-corrected chi connectivity index (χ2v) is 2.58. The Hall–Kier alpha value is -1.43. The van der Waals surface area contributed by atoms with E-state index in [2.05, 4.69) is 17.2 Å². The van der Waals surface area contributed by atoms with Crippen molar-refractivity contribution < 1.29 is 9.53 Å². The fourth-order valence-corrected chi connectivity index (χ4v) is 0.700. The Kier molecular flexibility index (Phi) is 4.62. The second-order valence-electron chi connectivity index (χ2n) is 2.58. The van der Waals surface area contributed by atoms with Gasteiger partial charge in [-0.2, -0.15) is 0 Å². The third kappa shape index (κ3) is 4.40. The number of rotatable bonds is 4. The quantitative estimate of drug-likeness (QED) is 0.506. The molecule has 0 saturated carbocycles. The van der Waals surface area contributed by atoms with E-state index in [1.54, 1.807) is 0 Å². The van der Waals surface area contributed by atoms with Gasteiger partial charge >= 0.3 is 6.09 Å². The average Bonchev–Trinajstić information content (AvgIpc) is 1.96. The normalized spacial score (nSPS) is 11.3. The summed E-state index contributed by atoms with van der Waals surface area (Å²) in [6.45, 7) is 5.78. The third-order valence-corrected chi connectivity index (χ3v) is 1.49. The fraction of sp³-hybridized carbons (Fsp3) is 0.444. The molecule has 12 heavy (non-hydrogen) atoms. The topological polar surface area (TPSA) is 52.3 Å². The number of amides is 1. The molecule has 0 aliphatic carbocycles. The largest absolute Gasteiger partial charge is 0.449 e. The van der Waals surface area contributed by atoms with Crippen LogP contribution < -0.4 is 5.73 Å². The second kappa shape index (κ2) is 5.25. The van der Waals surface area contributed by atoms with Crippen LogP contribution in [0.3, 0.4) is 0 Å². The highest BCUT2D eigenvalue weighted by molar-refractivity contribution is 5.64. The molecule has 1 amide bonds. The molecule has 0 spiro atoms. The summed E-state index contributed by atoms with van der Waals surface area (Å²) in [5, 5.41) is 0. The van der Waals surface area contributed by atoms with Crippen LogP contribution in [0.15, 0.2) is 12.2 Å².